The molecule has 29 heavy (non-hydrogen) atoms. The maximum atomic E-state index is 12.3. The number of hydrogen-bond donors (Lipinski definition) is 2. The summed E-state index contributed by atoms with van der Waals surface area (Å²) in [7, 11) is 1.99. The molecule has 3 rings (SSSR count). The second kappa shape index (κ2) is 9.54. The average Bonchev–Trinajstić information content (AvgIpc) is 2.74. The number of ether oxygens (including phenoxy) is 1. The monoisotopic (exact) mass is 393 g/mol. The van der Waals surface area contributed by atoms with Crippen molar-refractivity contribution in [3.8, 4) is 0 Å². The maximum Gasteiger partial charge on any atom is 0.339 e. The Morgan fingerprint density at radius 2 is 1.79 bits per heavy atom. The predicted molar refractivity (Wildman–Crippen MR) is 112 cm³/mol. The molecule has 0 aliphatic carbocycles. The average molecular weight is 393 g/mol. The molecule has 0 bridgehead atoms. The number of hydrogen-bond acceptors (Lipinski definition) is 5. The number of benzene rings is 2. The first kappa shape index (κ1) is 20.1. The van der Waals surface area contributed by atoms with E-state index in [1.54, 1.807) is 24.3 Å². The largest absolute Gasteiger partial charge is 0.452 e. The van der Waals surface area contributed by atoms with E-state index in [-0.39, 0.29) is 11.5 Å². The molecule has 0 saturated carbocycles. The minimum Gasteiger partial charge on any atom is -0.452 e. The van der Waals surface area contributed by atoms with Crippen molar-refractivity contribution in [3.05, 3.63) is 76.6 Å². The number of fused-ring (bicyclic) bond motifs is 1. The van der Waals surface area contributed by atoms with Crippen LogP contribution in [0.4, 0.5) is 5.69 Å². The summed E-state index contributed by atoms with van der Waals surface area (Å²) in [5, 5.41) is 3.30. The van der Waals surface area contributed by atoms with Crippen molar-refractivity contribution in [3.63, 3.8) is 0 Å². The number of carbonyl (C=O) groups is 2. The second-order valence-electron chi connectivity index (χ2n) is 6.63. The summed E-state index contributed by atoms with van der Waals surface area (Å²) < 4.78 is 5.09. The van der Waals surface area contributed by atoms with Gasteiger partial charge in [0.05, 0.1) is 5.56 Å². The smallest absolute Gasteiger partial charge is 0.339 e. The molecule has 7 heteroatoms. The molecule has 0 spiro atoms. The number of para-hydroxylation sites is 2. The first-order valence-corrected chi connectivity index (χ1v) is 9.36. The van der Waals surface area contributed by atoms with E-state index < -0.39 is 18.1 Å². The number of aromatic nitrogens is 1. The van der Waals surface area contributed by atoms with Crippen LogP contribution in [0.1, 0.15) is 16.8 Å². The van der Waals surface area contributed by atoms with Gasteiger partial charge in [0.1, 0.15) is 0 Å². The van der Waals surface area contributed by atoms with E-state index in [2.05, 4.69) is 15.2 Å². The molecule has 0 atom stereocenters. The molecule has 0 aliphatic heterocycles. The van der Waals surface area contributed by atoms with E-state index in [4.69, 9.17) is 4.74 Å². The Morgan fingerprint density at radius 1 is 1.07 bits per heavy atom. The molecule has 2 N–H and O–H groups in total. The highest BCUT2D eigenvalue weighted by Gasteiger charge is 2.14. The number of H-pyrrole nitrogens is 1. The van der Waals surface area contributed by atoms with E-state index in [0.29, 0.717) is 17.4 Å². The van der Waals surface area contributed by atoms with E-state index in [9.17, 15) is 14.4 Å². The first-order chi connectivity index (χ1) is 14.0. The number of nitrogens with zero attached hydrogens (tertiary/aromatic N) is 1. The van der Waals surface area contributed by atoms with Crippen molar-refractivity contribution in [1.82, 2.24) is 10.3 Å². The van der Waals surface area contributed by atoms with Gasteiger partial charge in [-0.15, -0.1) is 0 Å². The van der Waals surface area contributed by atoms with E-state index >= 15 is 0 Å². The lowest BCUT2D eigenvalue weighted by atomic mass is 10.1. The Hall–Kier alpha value is -3.61. The molecule has 0 aliphatic rings. The topological polar surface area (TPSA) is 91.5 Å². The van der Waals surface area contributed by atoms with E-state index in [0.717, 1.165) is 18.7 Å². The summed E-state index contributed by atoms with van der Waals surface area (Å²) in [5.74, 6) is -1.08. The van der Waals surface area contributed by atoms with Crippen LogP contribution in [0.3, 0.4) is 0 Å². The summed E-state index contributed by atoms with van der Waals surface area (Å²) in [6.07, 6.45) is 0.754. The molecule has 1 amide bonds. The zero-order valence-corrected chi connectivity index (χ0v) is 16.2. The number of amides is 1. The van der Waals surface area contributed by atoms with Gasteiger partial charge in [-0.05, 0) is 24.6 Å². The number of anilines is 1. The fourth-order valence-corrected chi connectivity index (χ4v) is 2.99. The van der Waals surface area contributed by atoms with E-state index in [1.165, 1.54) is 6.07 Å². The lowest BCUT2D eigenvalue weighted by molar-refractivity contribution is -0.124. The van der Waals surface area contributed by atoms with Crippen LogP contribution < -0.4 is 15.8 Å². The van der Waals surface area contributed by atoms with Crippen LogP contribution in [0.5, 0.6) is 0 Å². The Bertz CT molecular complexity index is 1050. The molecule has 0 fully saturated rings. The molecule has 0 unspecified atom stereocenters. The van der Waals surface area contributed by atoms with Crippen molar-refractivity contribution >= 4 is 28.5 Å². The Morgan fingerprint density at radius 3 is 2.59 bits per heavy atom. The molecule has 150 valence electrons. The quantitative estimate of drug-likeness (QED) is 0.453. The molecular formula is C22H23N3O4. The third-order valence-corrected chi connectivity index (χ3v) is 4.49. The van der Waals surface area contributed by atoms with Gasteiger partial charge in [0.25, 0.3) is 5.91 Å². The Balaban J connectivity index is 1.45. The van der Waals surface area contributed by atoms with Crippen LogP contribution in [-0.2, 0) is 9.53 Å². The highest BCUT2D eigenvalue weighted by atomic mass is 16.5. The van der Waals surface area contributed by atoms with Gasteiger partial charge in [-0.2, -0.15) is 0 Å². The van der Waals surface area contributed by atoms with Gasteiger partial charge in [-0.25, -0.2) is 4.79 Å². The number of aromatic amines is 1. The molecule has 2 aromatic carbocycles. The van der Waals surface area contributed by atoms with Crippen molar-refractivity contribution in [2.24, 2.45) is 0 Å². The highest BCUT2D eigenvalue weighted by molar-refractivity contribution is 6.03. The number of rotatable bonds is 8. The summed E-state index contributed by atoms with van der Waals surface area (Å²) in [4.78, 5) is 40.8. The van der Waals surface area contributed by atoms with Crippen molar-refractivity contribution in [2.75, 3.05) is 31.6 Å². The minimum absolute atomic E-state index is 0.140. The van der Waals surface area contributed by atoms with Gasteiger partial charge in [-0.1, -0.05) is 36.4 Å². The van der Waals surface area contributed by atoms with Crippen LogP contribution in [0.25, 0.3) is 10.9 Å². The van der Waals surface area contributed by atoms with Gasteiger partial charge >= 0.3 is 5.97 Å². The van der Waals surface area contributed by atoms with Gasteiger partial charge in [0, 0.05) is 42.8 Å². The van der Waals surface area contributed by atoms with Gasteiger partial charge in [-0.3, -0.25) is 9.59 Å². The van der Waals surface area contributed by atoms with E-state index in [1.807, 2.05) is 37.4 Å². The summed E-state index contributed by atoms with van der Waals surface area (Å²) in [6.45, 7) is 0.860. The summed E-state index contributed by atoms with van der Waals surface area (Å²) in [5.41, 5.74) is 1.39. The zero-order chi connectivity index (χ0) is 20.6. The molecule has 0 radical (unpaired) electrons. The fraction of sp³-hybridized carbons (Fsp3) is 0.227. The van der Waals surface area contributed by atoms with Crippen LogP contribution in [0.2, 0.25) is 0 Å². The highest BCUT2D eigenvalue weighted by Crippen LogP contribution is 2.15. The number of esters is 1. The lowest BCUT2D eigenvalue weighted by Gasteiger charge is -2.19. The number of carbonyl (C=O) groups excluding carboxylic acids is 2. The molecular weight excluding hydrogens is 370 g/mol. The normalized spacial score (nSPS) is 10.5. The van der Waals surface area contributed by atoms with Gasteiger partial charge in [0.15, 0.2) is 6.61 Å². The molecule has 0 saturated heterocycles. The fourth-order valence-electron chi connectivity index (χ4n) is 2.99. The van der Waals surface area contributed by atoms with Crippen LogP contribution >= 0.6 is 0 Å². The SMILES string of the molecule is CN(CCCNC(=O)COC(=O)c1cc(=O)[nH]c2ccccc12)c1ccccc1. The Labute approximate surface area is 168 Å². The third kappa shape index (κ3) is 5.44. The number of nitrogens with one attached hydrogen (secondary N) is 2. The first-order valence-electron chi connectivity index (χ1n) is 9.36. The van der Waals surface area contributed by atoms with Crippen molar-refractivity contribution in [1.29, 1.82) is 0 Å². The molecule has 3 aromatic rings. The van der Waals surface area contributed by atoms with Crippen LogP contribution in [0.15, 0.2) is 65.5 Å². The Kier molecular flexibility index (Phi) is 6.63. The minimum atomic E-state index is -0.703. The number of pyridine rings is 1. The van der Waals surface area contributed by atoms with Gasteiger partial charge in [0.2, 0.25) is 5.56 Å². The van der Waals surface area contributed by atoms with Gasteiger partial charge < -0.3 is 19.9 Å². The standard InChI is InChI=1S/C22H23N3O4/c1-25(16-8-3-2-4-9-16)13-7-12-23-21(27)15-29-22(28)18-14-20(26)24-19-11-6-5-10-17(18)19/h2-6,8-11,14H,7,12-13,15H2,1H3,(H,23,27)(H,24,26). The molecule has 1 heterocycles. The van der Waals surface area contributed by atoms with Crippen LogP contribution in [0, 0.1) is 0 Å². The third-order valence-electron chi connectivity index (χ3n) is 4.49. The van der Waals surface area contributed by atoms with Crippen molar-refractivity contribution in [2.45, 2.75) is 6.42 Å². The lowest BCUT2D eigenvalue weighted by Crippen LogP contribution is -2.31. The second-order valence-corrected chi connectivity index (χ2v) is 6.63. The summed E-state index contributed by atoms with van der Waals surface area (Å²) >= 11 is 0. The zero-order valence-electron chi connectivity index (χ0n) is 16.2. The molecule has 1 aromatic heterocycles. The van der Waals surface area contributed by atoms with Crippen LogP contribution in [-0.4, -0.2) is 43.6 Å². The summed E-state index contributed by atoms with van der Waals surface area (Å²) in [6, 6.07) is 18.1. The maximum absolute atomic E-state index is 12.3. The molecule has 7 nitrogen and oxygen atoms in total. The predicted octanol–water partition coefficient (Wildman–Crippen LogP) is 2.33. The van der Waals surface area contributed by atoms with Crippen molar-refractivity contribution < 1.29 is 14.3 Å².